The zero-order chi connectivity index (χ0) is 10.1. The summed E-state index contributed by atoms with van der Waals surface area (Å²) in [6.07, 6.45) is 1.99. The Balaban J connectivity index is 1.95. The molecule has 1 aromatic carbocycles. The summed E-state index contributed by atoms with van der Waals surface area (Å²) in [5.74, 6) is 0. The lowest BCUT2D eigenvalue weighted by molar-refractivity contribution is 0.430. The van der Waals surface area contributed by atoms with Crippen LogP contribution in [0.25, 0.3) is 10.9 Å². The van der Waals surface area contributed by atoms with E-state index in [-0.39, 0.29) is 0 Å². The first-order valence-corrected chi connectivity index (χ1v) is 5.44. The molecule has 0 aliphatic carbocycles. The van der Waals surface area contributed by atoms with Crippen LogP contribution in [0.1, 0.15) is 11.6 Å². The number of fused-ring (bicyclic) bond motifs is 1. The highest BCUT2D eigenvalue weighted by molar-refractivity contribution is 5.79. The number of piperazine rings is 1. The minimum absolute atomic E-state index is 0.450. The highest BCUT2D eigenvalue weighted by Crippen LogP contribution is 2.19. The average Bonchev–Trinajstić information content (AvgIpc) is 2.77. The summed E-state index contributed by atoms with van der Waals surface area (Å²) in [6, 6.07) is 9.18. The van der Waals surface area contributed by atoms with Gasteiger partial charge in [0, 0.05) is 37.4 Å². The molecule has 1 aromatic heterocycles. The zero-order valence-corrected chi connectivity index (χ0v) is 8.59. The Bertz CT molecular complexity index is 455. The van der Waals surface area contributed by atoms with Gasteiger partial charge in [-0.05, 0) is 23.1 Å². The van der Waals surface area contributed by atoms with Crippen molar-refractivity contribution in [1.82, 2.24) is 15.6 Å². The van der Waals surface area contributed by atoms with Gasteiger partial charge >= 0.3 is 0 Å². The molecule has 2 heterocycles. The summed E-state index contributed by atoms with van der Waals surface area (Å²) in [4.78, 5) is 3.25. The van der Waals surface area contributed by atoms with E-state index in [1.165, 1.54) is 16.5 Å². The van der Waals surface area contributed by atoms with Crippen LogP contribution < -0.4 is 10.6 Å². The molecule has 0 unspecified atom stereocenters. The van der Waals surface area contributed by atoms with Gasteiger partial charge in [-0.3, -0.25) is 0 Å². The third kappa shape index (κ3) is 1.64. The number of aromatic amines is 1. The molecule has 3 heteroatoms. The third-order valence-electron chi connectivity index (χ3n) is 3.02. The van der Waals surface area contributed by atoms with Crippen LogP contribution in [0.4, 0.5) is 0 Å². The Kier molecular flexibility index (Phi) is 2.19. The molecule has 1 aliphatic rings. The van der Waals surface area contributed by atoms with Gasteiger partial charge in [-0.2, -0.15) is 0 Å². The summed E-state index contributed by atoms with van der Waals surface area (Å²) >= 11 is 0. The number of hydrogen-bond acceptors (Lipinski definition) is 2. The second-order valence-electron chi connectivity index (χ2n) is 4.04. The Morgan fingerprint density at radius 1 is 1.13 bits per heavy atom. The predicted octanol–water partition coefficient (Wildman–Crippen LogP) is 1.40. The Hall–Kier alpha value is -1.32. The fraction of sp³-hybridized carbons (Fsp3) is 0.333. The molecule has 15 heavy (non-hydrogen) atoms. The first kappa shape index (κ1) is 8.95. The van der Waals surface area contributed by atoms with Gasteiger partial charge in [0.25, 0.3) is 0 Å². The van der Waals surface area contributed by atoms with Crippen molar-refractivity contribution in [3.8, 4) is 0 Å². The molecule has 1 aliphatic heterocycles. The summed E-state index contributed by atoms with van der Waals surface area (Å²) in [7, 11) is 0. The Morgan fingerprint density at radius 3 is 3.00 bits per heavy atom. The van der Waals surface area contributed by atoms with E-state index in [0.29, 0.717) is 6.04 Å². The quantitative estimate of drug-likeness (QED) is 0.652. The molecular formula is C12H15N3. The summed E-state index contributed by atoms with van der Waals surface area (Å²) in [6.45, 7) is 3.14. The summed E-state index contributed by atoms with van der Waals surface area (Å²) in [5.41, 5.74) is 2.58. The monoisotopic (exact) mass is 201 g/mol. The Labute approximate surface area is 88.9 Å². The number of nitrogens with one attached hydrogen (secondary N) is 3. The van der Waals surface area contributed by atoms with E-state index in [1.807, 2.05) is 6.20 Å². The molecule has 1 fully saturated rings. The van der Waals surface area contributed by atoms with Gasteiger partial charge in [-0.25, -0.2) is 0 Å². The molecule has 0 radical (unpaired) electrons. The minimum atomic E-state index is 0.450. The molecule has 0 saturated carbocycles. The first-order valence-electron chi connectivity index (χ1n) is 5.44. The van der Waals surface area contributed by atoms with Crippen LogP contribution in [0.2, 0.25) is 0 Å². The van der Waals surface area contributed by atoms with Crippen molar-refractivity contribution in [2.24, 2.45) is 0 Å². The molecule has 0 amide bonds. The predicted molar refractivity (Wildman–Crippen MR) is 61.9 cm³/mol. The molecule has 3 nitrogen and oxygen atoms in total. The van der Waals surface area contributed by atoms with E-state index in [9.17, 15) is 0 Å². The van der Waals surface area contributed by atoms with Crippen molar-refractivity contribution >= 4 is 10.9 Å². The molecular weight excluding hydrogens is 186 g/mol. The van der Waals surface area contributed by atoms with Crippen LogP contribution in [0.3, 0.4) is 0 Å². The maximum Gasteiger partial charge on any atom is 0.0457 e. The van der Waals surface area contributed by atoms with Gasteiger partial charge in [-0.15, -0.1) is 0 Å². The van der Waals surface area contributed by atoms with E-state index < -0.39 is 0 Å². The smallest absolute Gasteiger partial charge is 0.0457 e. The Morgan fingerprint density at radius 2 is 2.13 bits per heavy atom. The molecule has 78 valence electrons. The van der Waals surface area contributed by atoms with E-state index in [4.69, 9.17) is 0 Å². The molecule has 1 atom stereocenters. The third-order valence-corrected chi connectivity index (χ3v) is 3.02. The van der Waals surface area contributed by atoms with E-state index in [1.54, 1.807) is 0 Å². The second kappa shape index (κ2) is 3.68. The lowest BCUT2D eigenvalue weighted by atomic mass is 10.0. The van der Waals surface area contributed by atoms with Crippen LogP contribution in [0, 0.1) is 0 Å². The van der Waals surface area contributed by atoms with Crippen molar-refractivity contribution in [3.63, 3.8) is 0 Å². The average molecular weight is 201 g/mol. The minimum Gasteiger partial charge on any atom is -0.361 e. The highest BCUT2D eigenvalue weighted by atomic mass is 15.1. The number of hydrogen-bond donors (Lipinski definition) is 3. The SMILES string of the molecule is c1cc2ccc([C@@H]3CNCCN3)cc2[nH]1. The van der Waals surface area contributed by atoms with Crippen LogP contribution in [-0.2, 0) is 0 Å². The van der Waals surface area contributed by atoms with Crippen molar-refractivity contribution in [2.45, 2.75) is 6.04 Å². The van der Waals surface area contributed by atoms with E-state index in [0.717, 1.165) is 19.6 Å². The summed E-state index contributed by atoms with van der Waals surface area (Å²) < 4.78 is 0. The largest absolute Gasteiger partial charge is 0.361 e. The van der Waals surface area contributed by atoms with Crippen molar-refractivity contribution in [1.29, 1.82) is 0 Å². The van der Waals surface area contributed by atoms with Gasteiger partial charge in [-0.1, -0.05) is 12.1 Å². The topological polar surface area (TPSA) is 39.8 Å². The molecule has 0 bridgehead atoms. The fourth-order valence-corrected chi connectivity index (χ4v) is 2.17. The standard InChI is InChI=1S/C12H15N3/c1-2-10(12-8-13-5-6-15-12)7-11-9(1)3-4-14-11/h1-4,7,12-15H,5-6,8H2/t12-/m0/s1. The molecule has 2 aromatic rings. The number of rotatable bonds is 1. The normalized spacial score (nSPS) is 22.0. The van der Waals surface area contributed by atoms with Gasteiger partial charge in [0.15, 0.2) is 0 Å². The maximum absolute atomic E-state index is 3.52. The van der Waals surface area contributed by atoms with E-state index >= 15 is 0 Å². The second-order valence-corrected chi connectivity index (χ2v) is 4.04. The van der Waals surface area contributed by atoms with Gasteiger partial charge in [0.05, 0.1) is 0 Å². The molecule has 1 saturated heterocycles. The zero-order valence-electron chi connectivity index (χ0n) is 8.59. The lowest BCUT2D eigenvalue weighted by Crippen LogP contribution is -2.42. The molecule has 0 spiro atoms. The fourth-order valence-electron chi connectivity index (χ4n) is 2.17. The first-order chi connectivity index (χ1) is 7.43. The van der Waals surface area contributed by atoms with Crippen molar-refractivity contribution in [3.05, 3.63) is 36.0 Å². The van der Waals surface area contributed by atoms with Crippen LogP contribution >= 0.6 is 0 Å². The number of aromatic nitrogens is 1. The van der Waals surface area contributed by atoms with Crippen molar-refractivity contribution in [2.75, 3.05) is 19.6 Å². The van der Waals surface area contributed by atoms with Gasteiger partial charge in [0.2, 0.25) is 0 Å². The molecule has 3 rings (SSSR count). The lowest BCUT2D eigenvalue weighted by Gasteiger charge is -2.24. The van der Waals surface area contributed by atoms with Crippen LogP contribution in [0.15, 0.2) is 30.5 Å². The van der Waals surface area contributed by atoms with Gasteiger partial charge < -0.3 is 15.6 Å². The van der Waals surface area contributed by atoms with Crippen molar-refractivity contribution < 1.29 is 0 Å². The van der Waals surface area contributed by atoms with E-state index in [2.05, 4.69) is 39.9 Å². The van der Waals surface area contributed by atoms with Crippen LogP contribution in [-0.4, -0.2) is 24.6 Å². The number of benzene rings is 1. The molecule has 3 N–H and O–H groups in total. The maximum atomic E-state index is 3.52. The van der Waals surface area contributed by atoms with Gasteiger partial charge in [0.1, 0.15) is 0 Å². The number of H-pyrrole nitrogens is 1. The van der Waals surface area contributed by atoms with Crippen LogP contribution in [0.5, 0.6) is 0 Å². The highest BCUT2D eigenvalue weighted by Gasteiger charge is 2.14. The summed E-state index contributed by atoms with van der Waals surface area (Å²) in [5, 5.41) is 8.20.